The molecular weight excluding hydrogens is 290 g/mol. The highest BCUT2D eigenvalue weighted by Crippen LogP contribution is 2.24. The van der Waals surface area contributed by atoms with Gasteiger partial charge in [-0.2, -0.15) is 0 Å². The van der Waals surface area contributed by atoms with Gasteiger partial charge in [0, 0.05) is 51.2 Å². The molecule has 1 atom stereocenters. The summed E-state index contributed by atoms with van der Waals surface area (Å²) >= 11 is 0. The summed E-state index contributed by atoms with van der Waals surface area (Å²) in [6, 6.07) is 2.49. The molecule has 7 nitrogen and oxygen atoms in total. The minimum atomic E-state index is 0.472. The molecule has 2 N–H and O–H groups in total. The van der Waals surface area contributed by atoms with Gasteiger partial charge in [-0.25, -0.2) is 15.0 Å². The summed E-state index contributed by atoms with van der Waals surface area (Å²) in [4.78, 5) is 15.4. The summed E-state index contributed by atoms with van der Waals surface area (Å²) in [6.07, 6.45) is 7.91. The average Bonchev–Trinajstić information content (AvgIpc) is 3.24. The van der Waals surface area contributed by atoms with Gasteiger partial charge >= 0.3 is 0 Å². The highest BCUT2D eigenvalue weighted by atomic mass is 15.3. The van der Waals surface area contributed by atoms with Crippen molar-refractivity contribution in [2.24, 2.45) is 0 Å². The molecule has 1 saturated heterocycles. The van der Waals surface area contributed by atoms with Crippen molar-refractivity contribution >= 4 is 11.6 Å². The van der Waals surface area contributed by atoms with Crippen molar-refractivity contribution in [3.05, 3.63) is 30.6 Å². The molecule has 0 saturated carbocycles. The Morgan fingerprint density at radius 1 is 1.30 bits per heavy atom. The highest BCUT2D eigenvalue weighted by Gasteiger charge is 2.25. The van der Waals surface area contributed by atoms with Crippen LogP contribution in [0.2, 0.25) is 0 Å². The Kier molecular flexibility index (Phi) is 5.07. The highest BCUT2D eigenvalue weighted by molar-refractivity contribution is 5.49. The van der Waals surface area contributed by atoms with Crippen LogP contribution < -0.4 is 15.5 Å². The molecule has 7 heteroatoms. The summed E-state index contributed by atoms with van der Waals surface area (Å²) in [6.45, 7) is 5.89. The first-order chi connectivity index (χ1) is 11.3. The quantitative estimate of drug-likeness (QED) is 0.807. The van der Waals surface area contributed by atoms with E-state index in [2.05, 4.69) is 42.0 Å². The van der Waals surface area contributed by atoms with Crippen molar-refractivity contribution in [1.29, 1.82) is 0 Å². The third kappa shape index (κ3) is 3.61. The topological polar surface area (TPSA) is 70.9 Å². The Bertz CT molecular complexity index is 624. The lowest BCUT2D eigenvalue weighted by Crippen LogP contribution is -2.38. The first-order valence-electron chi connectivity index (χ1n) is 8.29. The van der Waals surface area contributed by atoms with Crippen LogP contribution in [0, 0.1) is 0 Å². The molecule has 1 aliphatic heterocycles. The Balaban J connectivity index is 1.58. The maximum atomic E-state index is 4.44. The summed E-state index contributed by atoms with van der Waals surface area (Å²) in [7, 11) is 1.88. The lowest BCUT2D eigenvalue weighted by Gasteiger charge is -2.26. The van der Waals surface area contributed by atoms with Crippen molar-refractivity contribution < 1.29 is 0 Å². The van der Waals surface area contributed by atoms with E-state index < -0.39 is 0 Å². The number of nitrogens with one attached hydrogen (secondary N) is 2. The molecule has 2 aromatic heterocycles. The van der Waals surface area contributed by atoms with Crippen LogP contribution in [0.3, 0.4) is 0 Å². The normalized spacial score (nSPS) is 17.7. The second-order valence-electron chi connectivity index (χ2n) is 5.76. The first-order valence-corrected chi connectivity index (χ1v) is 8.29. The van der Waals surface area contributed by atoms with Crippen LogP contribution in [-0.2, 0) is 13.1 Å². The van der Waals surface area contributed by atoms with E-state index in [0.717, 1.165) is 43.6 Å². The molecule has 0 unspecified atom stereocenters. The number of rotatable bonds is 7. The third-order valence-corrected chi connectivity index (χ3v) is 4.39. The smallest absolute Gasteiger partial charge is 0.134 e. The van der Waals surface area contributed by atoms with Gasteiger partial charge in [0.2, 0.25) is 0 Å². The maximum Gasteiger partial charge on any atom is 0.134 e. The standard InChI is InChI=1S/C16H25N7/c1-3-22-8-6-19-16(22)11-18-10-13-5-4-7-23(13)15-9-14(17-2)20-12-21-15/h6,8-9,12-13,18H,3-5,7,10-11H2,1-2H3,(H,17,20,21)/t13-/m1/s1. The summed E-state index contributed by atoms with van der Waals surface area (Å²) < 4.78 is 2.17. The molecule has 3 rings (SSSR count). The summed E-state index contributed by atoms with van der Waals surface area (Å²) in [5.41, 5.74) is 0. The van der Waals surface area contributed by atoms with Crippen LogP contribution in [-0.4, -0.2) is 45.7 Å². The summed E-state index contributed by atoms with van der Waals surface area (Å²) in [5, 5.41) is 6.62. The zero-order chi connectivity index (χ0) is 16.1. The van der Waals surface area contributed by atoms with Gasteiger partial charge in [0.1, 0.15) is 23.8 Å². The van der Waals surface area contributed by atoms with E-state index >= 15 is 0 Å². The van der Waals surface area contributed by atoms with E-state index in [1.807, 2.05) is 25.5 Å². The van der Waals surface area contributed by atoms with Gasteiger partial charge in [0.15, 0.2) is 0 Å². The molecule has 0 radical (unpaired) electrons. The molecular formula is C16H25N7. The average molecular weight is 315 g/mol. The van der Waals surface area contributed by atoms with Crippen LogP contribution in [0.1, 0.15) is 25.6 Å². The number of aromatic nitrogens is 4. The number of hydrogen-bond donors (Lipinski definition) is 2. The van der Waals surface area contributed by atoms with Gasteiger partial charge in [0.25, 0.3) is 0 Å². The fourth-order valence-electron chi connectivity index (χ4n) is 3.14. The SMILES string of the molecule is CCn1ccnc1CNC[C@H]1CCCN1c1cc(NC)ncn1. The molecule has 23 heavy (non-hydrogen) atoms. The van der Waals surface area contributed by atoms with E-state index in [1.165, 1.54) is 12.8 Å². The molecule has 0 aromatic carbocycles. The molecule has 3 heterocycles. The van der Waals surface area contributed by atoms with Crippen LogP contribution in [0.25, 0.3) is 0 Å². The van der Waals surface area contributed by atoms with Crippen LogP contribution >= 0.6 is 0 Å². The lowest BCUT2D eigenvalue weighted by atomic mass is 10.2. The third-order valence-electron chi connectivity index (χ3n) is 4.39. The zero-order valence-corrected chi connectivity index (χ0v) is 13.9. The molecule has 124 valence electrons. The predicted octanol–water partition coefficient (Wildman–Crippen LogP) is 1.49. The number of aryl methyl sites for hydroxylation is 1. The van der Waals surface area contributed by atoms with E-state index in [4.69, 9.17) is 0 Å². The Morgan fingerprint density at radius 2 is 2.22 bits per heavy atom. The Hall–Kier alpha value is -2.15. The first kappa shape index (κ1) is 15.7. The second kappa shape index (κ2) is 7.41. The maximum absolute atomic E-state index is 4.44. The molecule has 0 bridgehead atoms. The second-order valence-corrected chi connectivity index (χ2v) is 5.76. The van der Waals surface area contributed by atoms with Gasteiger partial charge in [-0.3, -0.25) is 0 Å². The van der Waals surface area contributed by atoms with Gasteiger partial charge in [-0.15, -0.1) is 0 Å². The molecule has 2 aromatic rings. The lowest BCUT2D eigenvalue weighted by molar-refractivity contribution is 0.547. The van der Waals surface area contributed by atoms with Gasteiger partial charge < -0.3 is 20.1 Å². The number of nitrogens with zero attached hydrogens (tertiary/aromatic N) is 5. The predicted molar refractivity (Wildman–Crippen MR) is 91.6 cm³/mol. The number of hydrogen-bond acceptors (Lipinski definition) is 6. The number of imidazole rings is 1. The minimum Gasteiger partial charge on any atom is -0.373 e. The van der Waals surface area contributed by atoms with E-state index in [0.29, 0.717) is 6.04 Å². The molecule has 1 fully saturated rings. The fraction of sp³-hybridized carbons (Fsp3) is 0.562. The van der Waals surface area contributed by atoms with Crippen molar-refractivity contribution in [1.82, 2.24) is 24.8 Å². The largest absolute Gasteiger partial charge is 0.373 e. The minimum absolute atomic E-state index is 0.472. The fourth-order valence-corrected chi connectivity index (χ4v) is 3.14. The van der Waals surface area contributed by atoms with Gasteiger partial charge in [-0.1, -0.05) is 0 Å². The van der Waals surface area contributed by atoms with Crippen molar-refractivity contribution in [3.8, 4) is 0 Å². The molecule has 0 amide bonds. The molecule has 0 spiro atoms. The van der Waals surface area contributed by atoms with E-state index in [-0.39, 0.29) is 0 Å². The van der Waals surface area contributed by atoms with Crippen LogP contribution in [0.15, 0.2) is 24.8 Å². The summed E-state index contributed by atoms with van der Waals surface area (Å²) in [5.74, 6) is 2.96. The van der Waals surface area contributed by atoms with Crippen molar-refractivity contribution in [2.45, 2.75) is 38.9 Å². The molecule has 1 aliphatic rings. The Morgan fingerprint density at radius 3 is 3.04 bits per heavy atom. The zero-order valence-electron chi connectivity index (χ0n) is 13.9. The van der Waals surface area contributed by atoms with Crippen molar-refractivity contribution in [2.75, 3.05) is 30.4 Å². The van der Waals surface area contributed by atoms with Crippen LogP contribution in [0.5, 0.6) is 0 Å². The van der Waals surface area contributed by atoms with Gasteiger partial charge in [0.05, 0.1) is 6.54 Å². The number of anilines is 2. The Labute approximate surface area is 137 Å². The van der Waals surface area contributed by atoms with Gasteiger partial charge in [-0.05, 0) is 19.8 Å². The van der Waals surface area contributed by atoms with Crippen LogP contribution in [0.4, 0.5) is 11.6 Å². The molecule has 0 aliphatic carbocycles. The van der Waals surface area contributed by atoms with Crippen molar-refractivity contribution in [3.63, 3.8) is 0 Å². The monoisotopic (exact) mass is 315 g/mol. The van der Waals surface area contributed by atoms with E-state index in [1.54, 1.807) is 6.33 Å². The van der Waals surface area contributed by atoms with E-state index in [9.17, 15) is 0 Å².